The fourth-order valence-corrected chi connectivity index (χ4v) is 3.25. The Balaban J connectivity index is 1.85. The van der Waals surface area contributed by atoms with E-state index in [1.807, 2.05) is 6.07 Å². The molecule has 1 aliphatic rings. The number of aliphatic imine (C=N–C) groups is 1. The average molecular weight is 418 g/mol. The average Bonchev–Trinajstić information content (AvgIpc) is 3.13. The van der Waals surface area contributed by atoms with Crippen LogP contribution in [0.1, 0.15) is 54.1 Å². The van der Waals surface area contributed by atoms with E-state index in [0.717, 1.165) is 25.7 Å². The van der Waals surface area contributed by atoms with E-state index in [-0.39, 0.29) is 22.7 Å². The quantitative estimate of drug-likeness (QED) is 0.405. The molecule has 1 heterocycles. The first-order chi connectivity index (χ1) is 15.0. The molecule has 2 aromatic carbocycles. The Bertz CT molecular complexity index is 1080. The number of nitrogens with zero attached hydrogens (tertiary/aromatic N) is 2. The molecular formula is C24H23FN4O2. The Morgan fingerprint density at radius 3 is 2.42 bits per heavy atom. The van der Waals surface area contributed by atoms with Crippen molar-refractivity contribution >= 4 is 23.3 Å². The summed E-state index contributed by atoms with van der Waals surface area (Å²) in [5.74, 6) is -1.15. The smallest absolute Gasteiger partial charge is 0.264 e. The number of hydrogen-bond acceptors (Lipinski definition) is 4. The fraction of sp³-hybridized carbons (Fsp3) is 0.250. The second-order valence-electron chi connectivity index (χ2n) is 7.12. The minimum Gasteiger partial charge on any atom is -0.351 e. The molecule has 7 heteroatoms. The van der Waals surface area contributed by atoms with Crippen LogP contribution in [-0.2, 0) is 4.79 Å². The van der Waals surface area contributed by atoms with Crippen molar-refractivity contribution in [3.63, 3.8) is 0 Å². The van der Waals surface area contributed by atoms with Crippen LogP contribution in [0.4, 0.5) is 4.39 Å². The molecule has 1 aliphatic heterocycles. The number of carbonyl (C=O) groups is 2. The first-order valence-corrected chi connectivity index (χ1v) is 10.2. The van der Waals surface area contributed by atoms with Gasteiger partial charge >= 0.3 is 0 Å². The number of amides is 2. The highest BCUT2D eigenvalue weighted by Crippen LogP contribution is 2.30. The monoisotopic (exact) mass is 418 g/mol. The number of rotatable bonds is 7. The summed E-state index contributed by atoms with van der Waals surface area (Å²) in [5, 5.41) is 15.1. The molecule has 2 amide bonds. The summed E-state index contributed by atoms with van der Waals surface area (Å²) in [6.07, 6.45) is 4.04. The van der Waals surface area contributed by atoms with Crippen molar-refractivity contribution in [2.45, 2.75) is 32.6 Å². The second-order valence-corrected chi connectivity index (χ2v) is 7.12. The van der Waals surface area contributed by atoms with Crippen LogP contribution in [0.25, 0.3) is 5.70 Å². The third-order valence-corrected chi connectivity index (χ3v) is 4.89. The second kappa shape index (κ2) is 10.3. The van der Waals surface area contributed by atoms with Gasteiger partial charge in [0, 0.05) is 23.2 Å². The van der Waals surface area contributed by atoms with Crippen molar-refractivity contribution in [1.82, 2.24) is 10.6 Å². The lowest BCUT2D eigenvalue weighted by Gasteiger charge is -2.06. The van der Waals surface area contributed by atoms with Gasteiger partial charge in [0.1, 0.15) is 23.3 Å². The molecule has 0 saturated heterocycles. The molecular weight excluding hydrogens is 395 g/mol. The fourth-order valence-electron chi connectivity index (χ4n) is 3.25. The van der Waals surface area contributed by atoms with Crippen molar-refractivity contribution in [3.05, 3.63) is 76.6 Å². The zero-order chi connectivity index (χ0) is 22.2. The van der Waals surface area contributed by atoms with Crippen LogP contribution in [0.15, 0.2) is 59.1 Å². The van der Waals surface area contributed by atoms with Gasteiger partial charge in [-0.25, -0.2) is 9.38 Å². The summed E-state index contributed by atoms with van der Waals surface area (Å²) in [6, 6.07) is 14.1. The van der Waals surface area contributed by atoms with Crippen LogP contribution in [0.2, 0.25) is 0 Å². The number of unbranched alkanes of at least 4 members (excludes halogenated alkanes) is 3. The third kappa shape index (κ3) is 5.23. The number of benzene rings is 2. The predicted molar refractivity (Wildman–Crippen MR) is 117 cm³/mol. The van der Waals surface area contributed by atoms with Crippen molar-refractivity contribution in [3.8, 4) is 6.07 Å². The van der Waals surface area contributed by atoms with Crippen LogP contribution >= 0.6 is 0 Å². The summed E-state index contributed by atoms with van der Waals surface area (Å²) >= 11 is 0. The molecule has 158 valence electrons. The zero-order valence-corrected chi connectivity index (χ0v) is 17.2. The van der Waals surface area contributed by atoms with Gasteiger partial charge in [-0.05, 0) is 30.7 Å². The number of hydrogen-bond donors (Lipinski definition) is 2. The number of amidine groups is 1. The standard InChI is InChI=1S/C24H23FN4O2/c1-2-3-4-7-14-27-24(31)20(15-26)21-18-8-5-6-9-19(18)22(28-21)29-23(30)16-10-12-17(25)13-11-16/h5-6,8-13H,2-4,7,14H2,1H3,(H,27,31)(H,28,29,30)/b21-20-. The molecule has 2 N–H and O–H groups in total. The normalized spacial score (nSPS) is 13.6. The Morgan fingerprint density at radius 2 is 1.74 bits per heavy atom. The molecule has 0 bridgehead atoms. The van der Waals surface area contributed by atoms with Gasteiger partial charge in [0.25, 0.3) is 11.8 Å². The molecule has 0 aromatic heterocycles. The molecule has 6 nitrogen and oxygen atoms in total. The van der Waals surface area contributed by atoms with Crippen LogP contribution in [0, 0.1) is 17.1 Å². The third-order valence-electron chi connectivity index (χ3n) is 4.89. The number of nitriles is 1. The summed E-state index contributed by atoms with van der Waals surface area (Å²) < 4.78 is 13.1. The largest absolute Gasteiger partial charge is 0.351 e. The van der Waals surface area contributed by atoms with Crippen LogP contribution in [-0.4, -0.2) is 24.2 Å². The lowest BCUT2D eigenvalue weighted by molar-refractivity contribution is -0.117. The Morgan fingerprint density at radius 1 is 1.03 bits per heavy atom. The molecule has 0 saturated carbocycles. The highest BCUT2D eigenvalue weighted by atomic mass is 19.1. The van der Waals surface area contributed by atoms with Crippen molar-refractivity contribution in [1.29, 1.82) is 5.26 Å². The first kappa shape index (κ1) is 21.9. The number of halogens is 1. The minimum atomic E-state index is -0.487. The van der Waals surface area contributed by atoms with Gasteiger partial charge in [0.2, 0.25) is 0 Å². The molecule has 0 aliphatic carbocycles. The van der Waals surface area contributed by atoms with Crippen LogP contribution in [0.3, 0.4) is 0 Å². The summed E-state index contributed by atoms with van der Waals surface area (Å²) in [4.78, 5) is 29.6. The topological polar surface area (TPSA) is 94.3 Å². The predicted octanol–water partition coefficient (Wildman–Crippen LogP) is 3.95. The molecule has 3 rings (SSSR count). The van der Waals surface area contributed by atoms with Gasteiger partial charge in [-0.1, -0.05) is 50.5 Å². The Kier molecular flexibility index (Phi) is 7.28. The lowest BCUT2D eigenvalue weighted by Crippen LogP contribution is -2.30. The molecule has 0 spiro atoms. The summed E-state index contributed by atoms with van der Waals surface area (Å²) in [7, 11) is 0. The van der Waals surface area contributed by atoms with Gasteiger partial charge in [-0.3, -0.25) is 9.59 Å². The van der Waals surface area contributed by atoms with E-state index in [2.05, 4.69) is 22.5 Å². The molecule has 2 aromatic rings. The maximum Gasteiger partial charge on any atom is 0.264 e. The van der Waals surface area contributed by atoms with E-state index >= 15 is 0 Å². The van der Waals surface area contributed by atoms with E-state index in [9.17, 15) is 19.2 Å². The summed E-state index contributed by atoms with van der Waals surface area (Å²) in [6.45, 7) is 2.59. The number of carbonyl (C=O) groups excluding carboxylic acids is 2. The van der Waals surface area contributed by atoms with Gasteiger partial charge in [0.15, 0.2) is 0 Å². The maximum absolute atomic E-state index is 13.1. The van der Waals surface area contributed by atoms with E-state index in [1.165, 1.54) is 24.3 Å². The van der Waals surface area contributed by atoms with Crippen molar-refractivity contribution in [2.24, 2.45) is 4.99 Å². The SMILES string of the molecule is CCCCCCNC(=O)/C(C#N)=C1\N=C(NC(=O)c2ccc(F)cc2)c2ccccc21. The Hall–Kier alpha value is -3.79. The van der Waals surface area contributed by atoms with Crippen molar-refractivity contribution < 1.29 is 14.0 Å². The van der Waals surface area contributed by atoms with Gasteiger partial charge in [-0.15, -0.1) is 0 Å². The minimum absolute atomic E-state index is 0.103. The van der Waals surface area contributed by atoms with E-state index in [4.69, 9.17) is 0 Å². The highest BCUT2D eigenvalue weighted by Gasteiger charge is 2.27. The van der Waals surface area contributed by atoms with Gasteiger partial charge < -0.3 is 10.6 Å². The molecule has 0 radical (unpaired) electrons. The van der Waals surface area contributed by atoms with E-state index < -0.39 is 17.6 Å². The highest BCUT2D eigenvalue weighted by molar-refractivity contribution is 6.20. The van der Waals surface area contributed by atoms with Gasteiger partial charge in [0.05, 0.1) is 5.70 Å². The number of nitrogens with one attached hydrogen (secondary N) is 2. The molecule has 0 atom stereocenters. The maximum atomic E-state index is 13.1. The van der Waals surface area contributed by atoms with E-state index in [1.54, 1.807) is 24.3 Å². The zero-order valence-electron chi connectivity index (χ0n) is 17.2. The van der Waals surface area contributed by atoms with E-state index in [0.29, 0.717) is 17.7 Å². The first-order valence-electron chi connectivity index (χ1n) is 10.2. The molecule has 0 unspecified atom stereocenters. The molecule has 31 heavy (non-hydrogen) atoms. The Labute approximate surface area is 180 Å². The number of fused-ring (bicyclic) bond motifs is 1. The van der Waals surface area contributed by atoms with Crippen LogP contribution in [0.5, 0.6) is 0 Å². The van der Waals surface area contributed by atoms with Gasteiger partial charge in [-0.2, -0.15) is 5.26 Å². The molecule has 0 fully saturated rings. The van der Waals surface area contributed by atoms with Crippen LogP contribution < -0.4 is 10.6 Å². The lowest BCUT2D eigenvalue weighted by atomic mass is 10.0. The summed E-state index contributed by atoms with van der Waals surface area (Å²) in [5.41, 5.74) is 1.59. The van der Waals surface area contributed by atoms with Crippen molar-refractivity contribution in [2.75, 3.05) is 6.54 Å².